The summed E-state index contributed by atoms with van der Waals surface area (Å²) in [6, 6.07) is 74.8. The Labute approximate surface area is 478 Å². The van der Waals surface area contributed by atoms with E-state index < -0.39 is 0 Å². The van der Waals surface area contributed by atoms with Crippen LogP contribution >= 0.6 is 0 Å². The molecule has 0 bridgehead atoms. The summed E-state index contributed by atoms with van der Waals surface area (Å²) in [7, 11) is 0. The average molecular weight is 1050 g/mol. The lowest BCUT2D eigenvalue weighted by Crippen LogP contribution is -2.20. The van der Waals surface area contributed by atoms with Crippen LogP contribution in [0.2, 0.25) is 0 Å². The number of anilines is 6. The predicted molar refractivity (Wildman–Crippen MR) is 346 cm³/mol. The first-order chi connectivity index (χ1) is 37.7. The highest BCUT2D eigenvalue weighted by Crippen LogP contribution is 2.59. The minimum Gasteiger partial charge on any atom is -0.310 e. The fourth-order valence-electron chi connectivity index (χ4n) is 12.9. The normalized spacial score (nSPS) is 14.4. The third kappa shape index (κ3) is 8.95. The highest BCUT2D eigenvalue weighted by Gasteiger charge is 2.42. The van der Waals surface area contributed by atoms with E-state index >= 15 is 0 Å². The molecule has 0 radical (unpaired) electrons. The van der Waals surface area contributed by atoms with Gasteiger partial charge in [-0.15, -0.1) is 0 Å². The van der Waals surface area contributed by atoms with Gasteiger partial charge in [0.25, 0.3) is 0 Å². The van der Waals surface area contributed by atoms with Gasteiger partial charge in [-0.2, -0.15) is 0 Å². The van der Waals surface area contributed by atoms with Crippen molar-refractivity contribution in [3.05, 3.63) is 239 Å². The van der Waals surface area contributed by atoms with Gasteiger partial charge in [0.2, 0.25) is 0 Å². The Hall–Kier alpha value is -7.68. The molecule has 10 aromatic carbocycles. The van der Waals surface area contributed by atoms with E-state index in [-0.39, 0.29) is 32.5 Å². The summed E-state index contributed by atoms with van der Waals surface area (Å²) < 4.78 is 0. The molecule has 12 rings (SSSR count). The summed E-state index contributed by atoms with van der Waals surface area (Å²) in [5.41, 5.74) is 24.9. The zero-order valence-corrected chi connectivity index (χ0v) is 50.4. The van der Waals surface area contributed by atoms with Crippen molar-refractivity contribution in [2.24, 2.45) is 0 Å². The smallest absolute Gasteiger partial charge is 0.0546 e. The third-order valence-corrected chi connectivity index (χ3v) is 18.0. The van der Waals surface area contributed by atoms with E-state index in [1.165, 1.54) is 99.7 Å². The van der Waals surface area contributed by atoms with Crippen molar-refractivity contribution in [2.45, 2.75) is 143 Å². The lowest BCUT2D eigenvalue weighted by atomic mass is 9.77. The van der Waals surface area contributed by atoms with Crippen LogP contribution in [-0.2, 0) is 32.5 Å². The topological polar surface area (TPSA) is 6.48 Å². The number of benzene rings is 10. The van der Waals surface area contributed by atoms with Gasteiger partial charge in [-0.3, -0.25) is 0 Å². The van der Waals surface area contributed by atoms with E-state index in [4.69, 9.17) is 0 Å². The van der Waals surface area contributed by atoms with E-state index in [0.717, 1.165) is 33.9 Å². The number of fused-ring (bicyclic) bond motifs is 8. The molecule has 10 aromatic rings. The second-order valence-electron chi connectivity index (χ2n) is 28.4. The van der Waals surface area contributed by atoms with Crippen LogP contribution in [0.1, 0.15) is 155 Å². The first-order valence-corrected chi connectivity index (χ1v) is 29.2. The molecule has 2 aliphatic carbocycles. The van der Waals surface area contributed by atoms with Crippen molar-refractivity contribution in [3.8, 4) is 33.4 Å². The van der Waals surface area contributed by atoms with E-state index in [0.29, 0.717) is 0 Å². The molecule has 0 aliphatic heterocycles. The zero-order valence-electron chi connectivity index (χ0n) is 50.4. The fourth-order valence-corrected chi connectivity index (χ4v) is 12.9. The minimum absolute atomic E-state index is 0.0238. The van der Waals surface area contributed by atoms with E-state index in [9.17, 15) is 0 Å². The molecule has 0 saturated carbocycles. The van der Waals surface area contributed by atoms with Gasteiger partial charge in [-0.05, 0) is 171 Å². The lowest BCUT2D eigenvalue weighted by molar-refractivity contribution is 0.579. The molecule has 0 fully saturated rings. The number of hydrogen-bond donors (Lipinski definition) is 0. The standard InChI is InChI=1S/C78H80N2/c1-73(2,3)55-33-37-63-65(43-55)77(13,14)67-45-57(75(7,8)9)47-69(71(63)67)79(61-35-31-49-23-17-19-25-51(49)39-61)59-29-21-27-53(41-59)54-28-22-30-60(42-54)80(62-36-32-50-24-18-20-26-52(50)40-62)70-48-58(76(10,11)12)46-68-72(70)64-38-34-56(74(4,5)6)44-66(64)78(68,15)16/h17-48H,1-16H3. The molecule has 0 aromatic heterocycles. The van der Waals surface area contributed by atoms with Crippen molar-refractivity contribution < 1.29 is 0 Å². The summed E-state index contributed by atoms with van der Waals surface area (Å²) in [5.74, 6) is 0. The van der Waals surface area contributed by atoms with Crippen LogP contribution in [0.5, 0.6) is 0 Å². The molecule has 0 unspecified atom stereocenters. The van der Waals surface area contributed by atoms with Gasteiger partial charge in [0.1, 0.15) is 0 Å². The first kappa shape index (κ1) is 53.0. The monoisotopic (exact) mass is 1040 g/mol. The molecule has 0 amide bonds. The van der Waals surface area contributed by atoms with Crippen LogP contribution in [0.3, 0.4) is 0 Å². The maximum absolute atomic E-state index is 2.56. The molecule has 402 valence electrons. The summed E-state index contributed by atoms with van der Waals surface area (Å²) >= 11 is 0. The first-order valence-electron chi connectivity index (χ1n) is 29.2. The maximum Gasteiger partial charge on any atom is 0.0546 e. The molecule has 0 saturated heterocycles. The highest BCUT2D eigenvalue weighted by atomic mass is 15.2. The van der Waals surface area contributed by atoms with Crippen molar-refractivity contribution >= 4 is 55.7 Å². The van der Waals surface area contributed by atoms with Crippen LogP contribution in [0.15, 0.2) is 194 Å². The molecule has 2 nitrogen and oxygen atoms in total. The van der Waals surface area contributed by atoms with Crippen LogP contribution in [0, 0.1) is 0 Å². The van der Waals surface area contributed by atoms with Gasteiger partial charge in [-0.1, -0.05) is 244 Å². The van der Waals surface area contributed by atoms with E-state index in [2.05, 4.69) is 315 Å². The Bertz CT molecular complexity index is 3850. The SMILES string of the molecule is CC(C)(C)c1ccc2c(c1)C(C)(C)c1cc(C(C)(C)C)cc(N(c3cccc(-c4cccc(N(c5ccc6ccccc6c5)c5cc(C(C)(C)C)cc6c5-c5ccc(C(C)(C)C)cc5C6(C)C)c4)c3)c3ccc4ccccc4c3)c1-2. The van der Waals surface area contributed by atoms with Crippen LogP contribution < -0.4 is 9.80 Å². The van der Waals surface area contributed by atoms with Gasteiger partial charge in [-0.25, -0.2) is 0 Å². The molecule has 0 spiro atoms. The van der Waals surface area contributed by atoms with Crippen molar-refractivity contribution in [1.29, 1.82) is 0 Å². The van der Waals surface area contributed by atoms with E-state index in [1.54, 1.807) is 0 Å². The van der Waals surface area contributed by atoms with Gasteiger partial charge in [0.15, 0.2) is 0 Å². The Kier molecular flexibility index (Phi) is 12.2. The number of rotatable bonds is 7. The lowest BCUT2D eigenvalue weighted by Gasteiger charge is -2.32. The van der Waals surface area contributed by atoms with Crippen molar-refractivity contribution in [1.82, 2.24) is 0 Å². The number of hydrogen-bond acceptors (Lipinski definition) is 2. The summed E-state index contributed by atoms with van der Waals surface area (Å²) in [6.07, 6.45) is 0. The Morgan fingerprint density at radius 1 is 0.275 bits per heavy atom. The molecule has 0 N–H and O–H groups in total. The van der Waals surface area contributed by atoms with Crippen LogP contribution in [0.4, 0.5) is 34.1 Å². The van der Waals surface area contributed by atoms with E-state index in [1.807, 2.05) is 0 Å². The Balaban J connectivity index is 1.08. The molecule has 0 heterocycles. The van der Waals surface area contributed by atoms with Crippen molar-refractivity contribution in [3.63, 3.8) is 0 Å². The van der Waals surface area contributed by atoms with Gasteiger partial charge in [0, 0.05) is 44.7 Å². The molecular formula is C78H80N2. The molecule has 2 aliphatic rings. The quantitative estimate of drug-likeness (QED) is 0.157. The largest absolute Gasteiger partial charge is 0.310 e. The number of nitrogens with zero attached hydrogens (tertiary/aromatic N) is 2. The maximum atomic E-state index is 2.56. The Morgan fingerprint density at radius 3 is 0.975 bits per heavy atom. The third-order valence-electron chi connectivity index (χ3n) is 18.0. The fraction of sp³-hybridized carbons (Fsp3) is 0.282. The van der Waals surface area contributed by atoms with Crippen LogP contribution in [-0.4, -0.2) is 0 Å². The van der Waals surface area contributed by atoms with Gasteiger partial charge in [0.05, 0.1) is 11.4 Å². The Morgan fingerprint density at radius 2 is 0.613 bits per heavy atom. The van der Waals surface area contributed by atoms with Gasteiger partial charge < -0.3 is 9.80 Å². The van der Waals surface area contributed by atoms with Crippen molar-refractivity contribution in [2.75, 3.05) is 9.80 Å². The molecule has 80 heavy (non-hydrogen) atoms. The molecule has 2 heteroatoms. The average Bonchev–Trinajstić information content (AvgIpc) is 3.92. The highest BCUT2D eigenvalue weighted by molar-refractivity contribution is 6.00. The molecular weight excluding hydrogens is 965 g/mol. The summed E-state index contributed by atoms with van der Waals surface area (Å²) in [5, 5.41) is 4.89. The molecule has 0 atom stereocenters. The van der Waals surface area contributed by atoms with Crippen LogP contribution in [0.25, 0.3) is 54.9 Å². The summed E-state index contributed by atoms with van der Waals surface area (Å²) in [4.78, 5) is 5.12. The minimum atomic E-state index is -0.212. The second-order valence-corrected chi connectivity index (χ2v) is 28.4. The summed E-state index contributed by atoms with van der Waals surface area (Å²) in [6.45, 7) is 37.9. The van der Waals surface area contributed by atoms with Gasteiger partial charge >= 0.3 is 0 Å². The zero-order chi connectivity index (χ0) is 56.6. The predicted octanol–water partition coefficient (Wildman–Crippen LogP) is 22.4. The second kappa shape index (κ2) is 18.4.